The van der Waals surface area contributed by atoms with Crippen LogP contribution in [0.1, 0.15) is 16.1 Å². The van der Waals surface area contributed by atoms with Gasteiger partial charge in [0.1, 0.15) is 0 Å². The van der Waals surface area contributed by atoms with Gasteiger partial charge in [0.2, 0.25) is 10.0 Å². The molecule has 0 aliphatic heterocycles. The predicted octanol–water partition coefficient (Wildman–Crippen LogP) is 2.09. The largest absolute Gasteiger partial charge is 0.459 e. The second-order valence-electron chi connectivity index (χ2n) is 4.70. The Morgan fingerprint density at radius 3 is 2.52 bits per heavy atom. The van der Waals surface area contributed by atoms with Crippen molar-refractivity contribution in [1.82, 2.24) is 4.31 Å². The fourth-order valence-corrected chi connectivity index (χ4v) is 2.63. The van der Waals surface area contributed by atoms with Crippen molar-refractivity contribution in [3.8, 4) is 0 Å². The van der Waals surface area contributed by atoms with Gasteiger partial charge in [-0.05, 0) is 36.8 Å². The zero-order chi connectivity index (χ0) is 15.6. The maximum atomic E-state index is 12.1. The van der Waals surface area contributed by atoms with E-state index >= 15 is 0 Å². The molecule has 0 saturated carbocycles. The van der Waals surface area contributed by atoms with Crippen LogP contribution in [0.25, 0.3) is 0 Å². The van der Waals surface area contributed by atoms with Crippen LogP contribution < -0.4 is 5.32 Å². The van der Waals surface area contributed by atoms with Gasteiger partial charge in [-0.25, -0.2) is 12.7 Å². The number of sulfonamides is 1. The number of benzene rings is 1. The molecule has 0 aliphatic rings. The van der Waals surface area contributed by atoms with Gasteiger partial charge in [-0.1, -0.05) is 6.07 Å². The average molecular weight is 308 g/mol. The summed E-state index contributed by atoms with van der Waals surface area (Å²) in [5.74, 6) is -0.266. The number of nitrogens with one attached hydrogen (secondary N) is 1. The first-order valence-corrected chi connectivity index (χ1v) is 7.64. The Bertz CT molecular complexity index is 749. The molecule has 112 valence electrons. The molecule has 0 fully saturated rings. The van der Waals surface area contributed by atoms with Crippen LogP contribution in [0.4, 0.5) is 5.69 Å². The zero-order valence-corrected chi connectivity index (χ0v) is 12.8. The molecule has 0 unspecified atom stereocenters. The maximum Gasteiger partial charge on any atom is 0.291 e. The van der Waals surface area contributed by atoms with Gasteiger partial charge in [0.25, 0.3) is 5.91 Å². The highest BCUT2D eigenvalue weighted by Crippen LogP contribution is 2.22. The van der Waals surface area contributed by atoms with Crippen LogP contribution in [0, 0.1) is 6.92 Å². The molecule has 7 heteroatoms. The van der Waals surface area contributed by atoms with Crippen molar-refractivity contribution in [2.45, 2.75) is 11.8 Å². The first kappa shape index (κ1) is 15.3. The van der Waals surface area contributed by atoms with Gasteiger partial charge < -0.3 is 9.73 Å². The number of amides is 1. The molecule has 0 atom stereocenters. The molecule has 2 rings (SSSR count). The van der Waals surface area contributed by atoms with Crippen LogP contribution in [0.2, 0.25) is 0 Å². The predicted molar refractivity (Wildman–Crippen MR) is 78.7 cm³/mol. The van der Waals surface area contributed by atoms with Gasteiger partial charge in [-0.15, -0.1) is 0 Å². The number of rotatable bonds is 4. The summed E-state index contributed by atoms with van der Waals surface area (Å²) in [5.41, 5.74) is 1.19. The SMILES string of the molecule is Cc1ccc(S(=O)(=O)N(C)C)cc1NC(=O)c1ccco1. The topological polar surface area (TPSA) is 79.6 Å². The van der Waals surface area contributed by atoms with Crippen molar-refractivity contribution in [3.05, 3.63) is 47.9 Å². The van der Waals surface area contributed by atoms with Crippen LogP contribution in [0.5, 0.6) is 0 Å². The molecule has 0 spiro atoms. The van der Waals surface area contributed by atoms with Crippen molar-refractivity contribution in [3.63, 3.8) is 0 Å². The summed E-state index contributed by atoms with van der Waals surface area (Å²) in [4.78, 5) is 12.1. The highest BCUT2D eigenvalue weighted by atomic mass is 32.2. The number of hydrogen-bond acceptors (Lipinski definition) is 4. The summed E-state index contributed by atoms with van der Waals surface area (Å²) in [6, 6.07) is 7.73. The quantitative estimate of drug-likeness (QED) is 0.938. The van der Waals surface area contributed by atoms with E-state index in [1.165, 1.54) is 38.6 Å². The minimum Gasteiger partial charge on any atom is -0.459 e. The molecule has 0 bridgehead atoms. The maximum absolute atomic E-state index is 12.1. The fraction of sp³-hybridized carbons (Fsp3) is 0.214. The van der Waals surface area contributed by atoms with Gasteiger partial charge >= 0.3 is 0 Å². The van der Waals surface area contributed by atoms with E-state index in [0.717, 1.165) is 9.87 Å². The van der Waals surface area contributed by atoms with Gasteiger partial charge in [0.15, 0.2) is 5.76 Å². The third kappa shape index (κ3) is 3.14. The van der Waals surface area contributed by atoms with E-state index in [1.54, 1.807) is 19.1 Å². The zero-order valence-electron chi connectivity index (χ0n) is 12.0. The van der Waals surface area contributed by atoms with Gasteiger partial charge in [0, 0.05) is 19.8 Å². The number of anilines is 1. The summed E-state index contributed by atoms with van der Waals surface area (Å²) in [7, 11) is -0.638. The minimum absolute atomic E-state index is 0.118. The molecule has 6 nitrogen and oxygen atoms in total. The number of carbonyl (C=O) groups is 1. The molecular formula is C14H16N2O4S. The molecular weight excluding hydrogens is 292 g/mol. The number of aryl methyl sites for hydroxylation is 1. The average Bonchev–Trinajstić information content (AvgIpc) is 2.94. The molecule has 21 heavy (non-hydrogen) atoms. The van der Waals surface area contributed by atoms with Crippen molar-refractivity contribution in [2.75, 3.05) is 19.4 Å². The standard InChI is InChI=1S/C14H16N2O4S/c1-10-6-7-11(21(18,19)16(2)3)9-12(10)15-14(17)13-5-4-8-20-13/h4-9H,1-3H3,(H,15,17). The number of furan rings is 1. The molecule has 1 heterocycles. The van der Waals surface area contributed by atoms with Crippen LogP contribution in [0.15, 0.2) is 45.9 Å². The molecule has 1 aromatic carbocycles. The van der Waals surface area contributed by atoms with E-state index in [-0.39, 0.29) is 10.7 Å². The molecule has 2 aromatic rings. The second kappa shape index (κ2) is 5.71. The lowest BCUT2D eigenvalue weighted by atomic mass is 10.2. The summed E-state index contributed by atoms with van der Waals surface area (Å²) in [5, 5.41) is 2.65. The van der Waals surface area contributed by atoms with E-state index in [1.807, 2.05) is 0 Å². The molecule has 0 saturated heterocycles. The Morgan fingerprint density at radius 1 is 1.24 bits per heavy atom. The minimum atomic E-state index is -3.55. The number of nitrogens with zero attached hydrogens (tertiary/aromatic N) is 1. The molecule has 1 aromatic heterocycles. The Hall–Kier alpha value is -2.12. The molecule has 0 radical (unpaired) electrons. The highest BCUT2D eigenvalue weighted by Gasteiger charge is 2.19. The fourth-order valence-electron chi connectivity index (χ4n) is 1.70. The van der Waals surface area contributed by atoms with E-state index in [2.05, 4.69) is 5.32 Å². The van der Waals surface area contributed by atoms with Crippen molar-refractivity contribution < 1.29 is 17.6 Å². The van der Waals surface area contributed by atoms with Gasteiger partial charge in [-0.3, -0.25) is 4.79 Å². The van der Waals surface area contributed by atoms with E-state index in [4.69, 9.17) is 4.42 Å². The first-order chi connectivity index (χ1) is 9.82. The van der Waals surface area contributed by atoms with E-state index in [9.17, 15) is 13.2 Å². The van der Waals surface area contributed by atoms with E-state index < -0.39 is 15.9 Å². The number of carbonyl (C=O) groups excluding carboxylic acids is 1. The third-order valence-corrected chi connectivity index (χ3v) is 4.79. The monoisotopic (exact) mass is 308 g/mol. The Labute approximate surface area is 123 Å². The third-order valence-electron chi connectivity index (χ3n) is 2.98. The van der Waals surface area contributed by atoms with Crippen LogP contribution in [-0.2, 0) is 10.0 Å². The summed E-state index contributed by atoms with van der Waals surface area (Å²) in [6.07, 6.45) is 1.40. The van der Waals surface area contributed by atoms with E-state index in [0.29, 0.717) is 5.69 Å². The smallest absolute Gasteiger partial charge is 0.291 e. The lowest BCUT2D eigenvalue weighted by molar-refractivity contribution is 0.0996. The molecule has 1 amide bonds. The normalized spacial score (nSPS) is 11.6. The summed E-state index contributed by atoms with van der Waals surface area (Å²) < 4.78 is 30.3. The van der Waals surface area contributed by atoms with Crippen LogP contribution >= 0.6 is 0 Å². The van der Waals surface area contributed by atoms with Gasteiger partial charge in [0.05, 0.1) is 11.2 Å². The van der Waals surface area contributed by atoms with Crippen LogP contribution in [-0.4, -0.2) is 32.7 Å². The lowest BCUT2D eigenvalue weighted by Gasteiger charge is -2.14. The lowest BCUT2D eigenvalue weighted by Crippen LogP contribution is -2.22. The van der Waals surface area contributed by atoms with Crippen molar-refractivity contribution in [2.24, 2.45) is 0 Å². The van der Waals surface area contributed by atoms with Gasteiger partial charge in [-0.2, -0.15) is 0 Å². The Morgan fingerprint density at radius 2 is 1.95 bits per heavy atom. The summed E-state index contributed by atoms with van der Waals surface area (Å²) >= 11 is 0. The highest BCUT2D eigenvalue weighted by molar-refractivity contribution is 7.89. The molecule has 0 aliphatic carbocycles. The summed E-state index contributed by atoms with van der Waals surface area (Å²) in [6.45, 7) is 1.78. The Kier molecular flexibility index (Phi) is 4.15. The first-order valence-electron chi connectivity index (χ1n) is 6.20. The second-order valence-corrected chi connectivity index (χ2v) is 6.85. The van der Waals surface area contributed by atoms with Crippen molar-refractivity contribution >= 4 is 21.6 Å². The Balaban J connectivity index is 2.35. The van der Waals surface area contributed by atoms with Crippen LogP contribution in [0.3, 0.4) is 0 Å². The number of hydrogen-bond donors (Lipinski definition) is 1. The van der Waals surface area contributed by atoms with Crippen molar-refractivity contribution in [1.29, 1.82) is 0 Å². The molecule has 1 N–H and O–H groups in total.